The number of hydrogen-bond acceptors (Lipinski definition) is 1. The maximum absolute atomic E-state index is 10.6. The van der Waals surface area contributed by atoms with E-state index in [1.165, 1.54) is 19.3 Å². The molecule has 2 bridgehead atoms. The van der Waals surface area contributed by atoms with Crippen LogP contribution in [0.5, 0.6) is 0 Å². The Morgan fingerprint density at radius 3 is 3.00 bits per heavy atom. The van der Waals surface area contributed by atoms with Crippen molar-refractivity contribution in [1.82, 2.24) is 0 Å². The molecule has 11 heavy (non-hydrogen) atoms. The Hall–Kier alpha value is -0.790. The summed E-state index contributed by atoms with van der Waals surface area (Å²) in [6, 6.07) is 0. The van der Waals surface area contributed by atoms with Crippen LogP contribution in [0.25, 0.3) is 0 Å². The highest BCUT2D eigenvalue weighted by Gasteiger charge is 2.30. The fourth-order valence-electron chi connectivity index (χ4n) is 2.27. The van der Waals surface area contributed by atoms with Gasteiger partial charge in [0, 0.05) is 5.57 Å². The minimum absolute atomic E-state index is 0.583. The predicted octanol–water partition coefficient (Wildman–Crippen LogP) is 1.82. The molecule has 1 saturated carbocycles. The molecule has 2 nitrogen and oxygen atoms in total. The number of hydrogen-bond donors (Lipinski definition) is 1. The van der Waals surface area contributed by atoms with Crippen LogP contribution in [0.2, 0.25) is 0 Å². The van der Waals surface area contributed by atoms with Crippen LogP contribution in [0.15, 0.2) is 11.6 Å². The highest BCUT2D eigenvalue weighted by Crippen LogP contribution is 2.40. The van der Waals surface area contributed by atoms with Crippen molar-refractivity contribution in [3.05, 3.63) is 11.6 Å². The summed E-state index contributed by atoms with van der Waals surface area (Å²) < 4.78 is 0. The zero-order chi connectivity index (χ0) is 7.84. The zero-order valence-electron chi connectivity index (χ0n) is 6.42. The smallest absolute Gasteiger partial charge is 0.331 e. The first-order valence-corrected chi connectivity index (χ1v) is 4.19. The van der Waals surface area contributed by atoms with Gasteiger partial charge in [-0.05, 0) is 37.5 Å². The maximum atomic E-state index is 10.6. The molecule has 0 radical (unpaired) electrons. The first kappa shape index (κ1) is 6.89. The van der Waals surface area contributed by atoms with Gasteiger partial charge >= 0.3 is 5.97 Å². The highest BCUT2D eigenvalue weighted by molar-refractivity contribution is 5.86. The maximum Gasteiger partial charge on any atom is 0.331 e. The van der Waals surface area contributed by atoms with E-state index < -0.39 is 5.97 Å². The molecule has 2 unspecified atom stereocenters. The molecule has 1 N–H and O–H groups in total. The van der Waals surface area contributed by atoms with Gasteiger partial charge < -0.3 is 5.11 Å². The second-order valence-electron chi connectivity index (χ2n) is 3.64. The SMILES string of the molecule is O=C(O)C1=CC2CCC(C1)C2. The van der Waals surface area contributed by atoms with Gasteiger partial charge in [-0.15, -0.1) is 0 Å². The summed E-state index contributed by atoms with van der Waals surface area (Å²) in [7, 11) is 0. The number of fused-ring (bicyclic) bond motifs is 2. The minimum atomic E-state index is -0.707. The Morgan fingerprint density at radius 2 is 2.36 bits per heavy atom. The Labute approximate surface area is 65.9 Å². The largest absolute Gasteiger partial charge is 0.478 e. The van der Waals surface area contributed by atoms with E-state index in [2.05, 4.69) is 0 Å². The fraction of sp³-hybridized carbons (Fsp3) is 0.667. The Bertz CT molecular complexity index is 218. The fourth-order valence-corrected chi connectivity index (χ4v) is 2.27. The van der Waals surface area contributed by atoms with Gasteiger partial charge in [-0.3, -0.25) is 0 Å². The molecule has 0 heterocycles. The van der Waals surface area contributed by atoms with Crippen molar-refractivity contribution in [2.24, 2.45) is 11.8 Å². The van der Waals surface area contributed by atoms with Crippen molar-refractivity contribution in [2.75, 3.05) is 0 Å². The number of carboxylic acid groups (broad SMARTS) is 1. The van der Waals surface area contributed by atoms with E-state index in [1.54, 1.807) is 0 Å². The van der Waals surface area contributed by atoms with E-state index in [4.69, 9.17) is 5.11 Å². The van der Waals surface area contributed by atoms with E-state index in [-0.39, 0.29) is 0 Å². The third kappa shape index (κ3) is 1.17. The summed E-state index contributed by atoms with van der Waals surface area (Å²) in [5.74, 6) is 0.553. The summed E-state index contributed by atoms with van der Waals surface area (Å²) in [6.45, 7) is 0. The van der Waals surface area contributed by atoms with Crippen LogP contribution < -0.4 is 0 Å². The lowest BCUT2D eigenvalue weighted by Crippen LogP contribution is -2.11. The lowest BCUT2D eigenvalue weighted by Gasteiger charge is -2.15. The molecule has 2 aliphatic rings. The Morgan fingerprint density at radius 1 is 1.55 bits per heavy atom. The molecule has 0 amide bonds. The molecule has 2 atom stereocenters. The third-order valence-electron chi connectivity index (χ3n) is 2.80. The molecule has 1 fully saturated rings. The molecule has 0 spiro atoms. The molecule has 0 aromatic rings. The summed E-state index contributed by atoms with van der Waals surface area (Å²) in [5.41, 5.74) is 0.656. The van der Waals surface area contributed by atoms with Gasteiger partial charge in [-0.25, -0.2) is 4.79 Å². The average molecular weight is 152 g/mol. The van der Waals surface area contributed by atoms with Crippen molar-refractivity contribution in [3.63, 3.8) is 0 Å². The van der Waals surface area contributed by atoms with Crippen molar-refractivity contribution in [1.29, 1.82) is 0 Å². The van der Waals surface area contributed by atoms with Crippen molar-refractivity contribution in [3.8, 4) is 0 Å². The van der Waals surface area contributed by atoms with Crippen LogP contribution >= 0.6 is 0 Å². The van der Waals surface area contributed by atoms with Crippen molar-refractivity contribution >= 4 is 5.97 Å². The van der Waals surface area contributed by atoms with E-state index in [0.29, 0.717) is 17.4 Å². The lowest BCUT2D eigenvalue weighted by atomic mass is 9.90. The number of rotatable bonds is 1. The first-order valence-electron chi connectivity index (χ1n) is 4.19. The van der Waals surface area contributed by atoms with Gasteiger partial charge in [0.25, 0.3) is 0 Å². The van der Waals surface area contributed by atoms with Crippen molar-refractivity contribution < 1.29 is 9.90 Å². The van der Waals surface area contributed by atoms with Crippen LogP contribution in [-0.2, 0) is 4.79 Å². The van der Waals surface area contributed by atoms with E-state index in [1.807, 2.05) is 6.08 Å². The first-order chi connectivity index (χ1) is 5.25. The van der Waals surface area contributed by atoms with Gasteiger partial charge in [0.1, 0.15) is 0 Å². The zero-order valence-corrected chi connectivity index (χ0v) is 6.42. The summed E-state index contributed by atoms with van der Waals surface area (Å²) in [6.07, 6.45) is 6.45. The highest BCUT2D eigenvalue weighted by atomic mass is 16.4. The predicted molar refractivity (Wildman–Crippen MR) is 41.2 cm³/mol. The van der Waals surface area contributed by atoms with Crippen LogP contribution in [0.3, 0.4) is 0 Å². The standard InChI is InChI=1S/C9H12O2/c10-9(11)8-4-6-1-2-7(3-6)5-8/h4,6-7H,1-3,5H2,(H,10,11). The second kappa shape index (κ2) is 2.36. The summed E-state index contributed by atoms with van der Waals surface area (Å²) >= 11 is 0. The topological polar surface area (TPSA) is 37.3 Å². The van der Waals surface area contributed by atoms with E-state index >= 15 is 0 Å². The van der Waals surface area contributed by atoms with Crippen LogP contribution in [-0.4, -0.2) is 11.1 Å². The number of aliphatic carboxylic acids is 1. The molecule has 0 aromatic heterocycles. The van der Waals surface area contributed by atoms with Crippen LogP contribution in [0, 0.1) is 11.8 Å². The van der Waals surface area contributed by atoms with Gasteiger partial charge in [-0.1, -0.05) is 6.08 Å². The lowest BCUT2D eigenvalue weighted by molar-refractivity contribution is -0.133. The van der Waals surface area contributed by atoms with Crippen LogP contribution in [0.1, 0.15) is 25.7 Å². The van der Waals surface area contributed by atoms with Gasteiger partial charge in [0.2, 0.25) is 0 Å². The number of allylic oxidation sites excluding steroid dienone is 1. The Balaban J connectivity index is 2.19. The minimum Gasteiger partial charge on any atom is -0.478 e. The summed E-state index contributed by atoms with van der Waals surface area (Å²) in [4.78, 5) is 10.6. The second-order valence-corrected chi connectivity index (χ2v) is 3.64. The van der Waals surface area contributed by atoms with Crippen LogP contribution in [0.4, 0.5) is 0 Å². The molecule has 2 aliphatic carbocycles. The third-order valence-corrected chi connectivity index (χ3v) is 2.80. The molecule has 0 aromatic carbocycles. The molecular weight excluding hydrogens is 140 g/mol. The molecule has 2 rings (SSSR count). The van der Waals surface area contributed by atoms with Crippen molar-refractivity contribution in [2.45, 2.75) is 25.7 Å². The molecule has 0 saturated heterocycles. The Kier molecular flexibility index (Phi) is 1.48. The molecule has 0 aliphatic heterocycles. The monoisotopic (exact) mass is 152 g/mol. The number of carbonyl (C=O) groups is 1. The quantitative estimate of drug-likeness (QED) is 0.622. The number of carboxylic acids is 1. The van der Waals surface area contributed by atoms with Gasteiger partial charge in [-0.2, -0.15) is 0 Å². The van der Waals surface area contributed by atoms with E-state index in [9.17, 15) is 4.79 Å². The van der Waals surface area contributed by atoms with Gasteiger partial charge in [0.05, 0.1) is 0 Å². The molecule has 60 valence electrons. The van der Waals surface area contributed by atoms with E-state index in [0.717, 1.165) is 6.42 Å². The summed E-state index contributed by atoms with van der Waals surface area (Å²) in [5, 5.41) is 8.73. The average Bonchev–Trinajstić information content (AvgIpc) is 2.30. The molecule has 2 heteroatoms. The normalized spacial score (nSPS) is 35.1. The molecular formula is C9H12O2. The van der Waals surface area contributed by atoms with Gasteiger partial charge in [0.15, 0.2) is 0 Å².